The smallest absolute Gasteiger partial charge is 0.277 e. The normalized spacial score (nSPS) is 9.40. The topological polar surface area (TPSA) is 225 Å². The van der Waals surface area contributed by atoms with Crippen LogP contribution < -0.4 is 51.3 Å². The monoisotopic (exact) mass is 923 g/mol. The van der Waals surface area contributed by atoms with Gasteiger partial charge in [-0.05, 0) is 48.5 Å². The zero-order valence-electron chi connectivity index (χ0n) is 34.5. The van der Waals surface area contributed by atoms with Gasteiger partial charge in [-0.2, -0.15) is 21.0 Å². The van der Waals surface area contributed by atoms with Crippen molar-refractivity contribution in [2.75, 3.05) is 28.2 Å². The van der Waals surface area contributed by atoms with Gasteiger partial charge in [-0.3, -0.25) is 60.9 Å². The standard InChI is InChI=1S/2C21H18N6O2S2.Na/c2*1-26(20(30)16-7-3-5-14(9-16)12-22)24-18(28)11-19(29)25-27(2)21(31)17-8-4-6-15(10-17)13-23;/h2*3-10H,11H2,1-2H3,(H,24,28)(H,25,29);/q;;+1. The second-order valence-electron chi connectivity index (χ2n) is 12.7. The molecule has 0 heterocycles. The van der Waals surface area contributed by atoms with Gasteiger partial charge in [-0.15, -0.1) is 0 Å². The van der Waals surface area contributed by atoms with E-state index in [1.165, 1.54) is 20.0 Å². The summed E-state index contributed by atoms with van der Waals surface area (Å²) < 4.78 is 0. The van der Waals surface area contributed by atoms with Crippen molar-refractivity contribution in [2.24, 2.45) is 0 Å². The van der Waals surface area contributed by atoms with E-state index in [4.69, 9.17) is 69.9 Å². The number of nitrogens with zero attached hydrogens (tertiary/aromatic N) is 8. The van der Waals surface area contributed by atoms with Crippen LogP contribution in [0.25, 0.3) is 0 Å². The first-order chi connectivity index (χ1) is 29.5. The molecule has 63 heavy (non-hydrogen) atoms. The minimum absolute atomic E-state index is 0. The van der Waals surface area contributed by atoms with E-state index in [-0.39, 0.29) is 29.6 Å². The second-order valence-corrected chi connectivity index (χ2v) is 14.3. The number of amides is 4. The molecule has 0 atom stereocenters. The molecule has 0 unspecified atom stereocenters. The minimum Gasteiger partial charge on any atom is -0.277 e. The molecular formula is C42H36N12NaO4S4+. The summed E-state index contributed by atoms with van der Waals surface area (Å²) in [4.78, 5) is 50.0. The Labute approximate surface area is 407 Å². The molecule has 0 bridgehead atoms. The molecule has 0 aromatic heterocycles. The van der Waals surface area contributed by atoms with Gasteiger partial charge in [0.1, 0.15) is 32.8 Å². The van der Waals surface area contributed by atoms with Gasteiger partial charge < -0.3 is 0 Å². The van der Waals surface area contributed by atoms with Crippen molar-refractivity contribution in [3.8, 4) is 24.3 Å². The summed E-state index contributed by atoms with van der Waals surface area (Å²) in [6.45, 7) is 0. The van der Waals surface area contributed by atoms with Crippen LogP contribution in [-0.4, -0.2) is 91.8 Å². The van der Waals surface area contributed by atoms with Crippen molar-refractivity contribution in [1.82, 2.24) is 41.7 Å². The van der Waals surface area contributed by atoms with E-state index in [1.54, 1.807) is 125 Å². The predicted molar refractivity (Wildman–Crippen MR) is 244 cm³/mol. The van der Waals surface area contributed by atoms with Gasteiger partial charge in [0.05, 0.1) is 46.5 Å². The Morgan fingerprint density at radius 2 is 0.619 bits per heavy atom. The van der Waals surface area contributed by atoms with Crippen molar-refractivity contribution in [1.29, 1.82) is 21.0 Å². The van der Waals surface area contributed by atoms with Crippen LogP contribution in [0.4, 0.5) is 0 Å². The average molecular weight is 924 g/mol. The van der Waals surface area contributed by atoms with E-state index in [0.29, 0.717) is 64.5 Å². The molecule has 16 nitrogen and oxygen atoms in total. The molecule has 0 aliphatic heterocycles. The molecule has 0 aliphatic rings. The van der Waals surface area contributed by atoms with Gasteiger partial charge in [-0.25, -0.2) is 0 Å². The van der Waals surface area contributed by atoms with Crippen LogP contribution in [0.15, 0.2) is 97.1 Å². The van der Waals surface area contributed by atoms with Gasteiger partial charge in [0.25, 0.3) is 0 Å². The largest absolute Gasteiger partial charge is 1.00 e. The van der Waals surface area contributed by atoms with Crippen molar-refractivity contribution in [3.63, 3.8) is 0 Å². The van der Waals surface area contributed by atoms with Gasteiger partial charge in [0.15, 0.2) is 0 Å². The third-order valence-electron chi connectivity index (χ3n) is 7.98. The van der Waals surface area contributed by atoms with E-state index in [0.717, 1.165) is 0 Å². The molecule has 4 aromatic carbocycles. The van der Waals surface area contributed by atoms with E-state index < -0.39 is 36.5 Å². The molecule has 0 saturated carbocycles. The van der Waals surface area contributed by atoms with E-state index in [9.17, 15) is 19.2 Å². The number of rotatable bonds is 8. The molecular weight excluding hydrogens is 888 g/mol. The van der Waals surface area contributed by atoms with Crippen molar-refractivity contribution >= 4 is 92.5 Å². The van der Waals surface area contributed by atoms with E-state index >= 15 is 0 Å². The SMILES string of the molecule is CN(NC(=O)CC(=O)NN(C)C(=S)c1cccc(C#N)c1)C(=S)c1cccc(C#N)c1.CN(NC(=O)CC(=O)NN(C)C(=S)c1cccc(C#N)c1)C(=S)c1cccc(C#N)c1.[Na+]. The number of hydrogen-bond donors (Lipinski definition) is 4. The first-order valence-corrected chi connectivity index (χ1v) is 19.4. The first-order valence-electron chi connectivity index (χ1n) is 17.8. The number of carbonyl (C=O) groups is 4. The molecule has 312 valence electrons. The molecule has 0 aliphatic carbocycles. The molecule has 21 heteroatoms. The number of thiocarbonyl (C=S) groups is 4. The summed E-state index contributed by atoms with van der Waals surface area (Å²) in [5, 5.41) is 41.2. The van der Waals surface area contributed by atoms with Gasteiger partial charge in [-0.1, -0.05) is 97.4 Å². The van der Waals surface area contributed by atoms with Crippen molar-refractivity contribution in [3.05, 3.63) is 142 Å². The van der Waals surface area contributed by atoms with Crippen molar-refractivity contribution in [2.45, 2.75) is 12.8 Å². The molecule has 0 saturated heterocycles. The summed E-state index contributed by atoms with van der Waals surface area (Å²) >= 11 is 21.3. The van der Waals surface area contributed by atoms with Crippen LogP contribution >= 0.6 is 48.9 Å². The fourth-order valence-electron chi connectivity index (χ4n) is 5.06. The molecule has 4 rings (SSSR count). The first kappa shape index (κ1) is 52.4. The maximum absolute atomic E-state index is 12.2. The Bertz CT molecular complexity index is 2250. The van der Waals surface area contributed by atoms with Crippen LogP contribution in [0.2, 0.25) is 0 Å². The Kier molecular flexibility index (Phi) is 21.6. The van der Waals surface area contributed by atoms with Gasteiger partial charge in [0.2, 0.25) is 23.6 Å². The predicted octanol–water partition coefficient (Wildman–Crippen LogP) is 0.599. The number of nitrogens with one attached hydrogen (secondary N) is 4. The van der Waals surface area contributed by atoms with Crippen LogP contribution in [0.1, 0.15) is 57.3 Å². The maximum Gasteiger partial charge on any atom is 1.00 e. The van der Waals surface area contributed by atoms with Crippen LogP contribution in [0, 0.1) is 45.3 Å². The summed E-state index contributed by atoms with van der Waals surface area (Å²) in [5.41, 5.74) is 14.2. The Morgan fingerprint density at radius 3 is 0.794 bits per heavy atom. The number of hydrogen-bond acceptors (Lipinski definition) is 12. The summed E-state index contributed by atoms with van der Waals surface area (Å²) in [6, 6.07) is 34.7. The zero-order chi connectivity index (χ0) is 45.9. The van der Waals surface area contributed by atoms with Crippen LogP contribution in [0.3, 0.4) is 0 Å². The molecule has 4 amide bonds. The van der Waals surface area contributed by atoms with Gasteiger partial charge >= 0.3 is 29.6 Å². The number of hydrazine groups is 4. The van der Waals surface area contributed by atoms with Crippen LogP contribution in [-0.2, 0) is 19.2 Å². The molecule has 0 fully saturated rings. The average Bonchev–Trinajstić information content (AvgIpc) is 3.27. The third-order valence-corrected chi connectivity index (χ3v) is 10.0. The summed E-state index contributed by atoms with van der Waals surface area (Å²) in [5.74, 6) is -2.32. The maximum atomic E-state index is 12.2. The van der Waals surface area contributed by atoms with E-state index in [1.807, 2.05) is 24.3 Å². The number of carbonyl (C=O) groups excluding carboxylic acids is 4. The zero-order valence-corrected chi connectivity index (χ0v) is 39.8. The fourth-order valence-corrected chi connectivity index (χ4v) is 5.75. The number of nitriles is 4. The molecule has 4 N–H and O–H groups in total. The van der Waals surface area contributed by atoms with Crippen LogP contribution in [0.5, 0.6) is 0 Å². The second kappa shape index (κ2) is 25.9. The summed E-state index contributed by atoms with van der Waals surface area (Å²) in [7, 11) is 6.17. The van der Waals surface area contributed by atoms with Crippen molar-refractivity contribution < 1.29 is 48.7 Å². The Hall–Kier alpha value is -6.72. The fraction of sp³-hybridized carbons (Fsp3) is 0.143. The molecule has 0 spiro atoms. The van der Waals surface area contributed by atoms with Gasteiger partial charge in [0, 0.05) is 50.4 Å². The minimum atomic E-state index is -0.579. The summed E-state index contributed by atoms with van der Waals surface area (Å²) in [6.07, 6.45) is -0.924. The Morgan fingerprint density at radius 1 is 0.429 bits per heavy atom. The number of benzene rings is 4. The Balaban J connectivity index is 0.000000427. The molecule has 0 radical (unpaired) electrons. The quantitative estimate of drug-likeness (QED) is 0.0822. The molecule has 4 aromatic rings. The van der Waals surface area contributed by atoms with E-state index in [2.05, 4.69) is 21.7 Å². The third kappa shape index (κ3) is 16.6.